The van der Waals surface area contributed by atoms with E-state index in [1.165, 1.54) is 6.07 Å². The first-order chi connectivity index (χ1) is 18.2. The second-order valence-corrected chi connectivity index (χ2v) is 11.6. The number of carbonyl (C=O) groups is 1. The van der Waals surface area contributed by atoms with Crippen molar-refractivity contribution in [1.82, 2.24) is 10.0 Å². The molecule has 198 valence electrons. The first-order valence-corrected chi connectivity index (χ1v) is 14.5. The van der Waals surface area contributed by atoms with Crippen LogP contribution in [0.1, 0.15) is 47.1 Å². The Bertz CT molecular complexity index is 1550. The maximum atomic E-state index is 13.2. The number of anilines is 1. The van der Waals surface area contributed by atoms with E-state index in [4.69, 9.17) is 9.83 Å². The summed E-state index contributed by atoms with van der Waals surface area (Å²) in [6, 6.07) is 12.5. The van der Waals surface area contributed by atoms with E-state index in [1.54, 1.807) is 25.4 Å². The highest BCUT2D eigenvalue weighted by molar-refractivity contribution is 8.15. The van der Waals surface area contributed by atoms with Crippen LogP contribution < -0.4 is 20.8 Å². The average molecular weight is 531 g/mol. The van der Waals surface area contributed by atoms with Crippen LogP contribution in [0.15, 0.2) is 81.7 Å². The maximum Gasteiger partial charge on any atom is 0.261 e. The average Bonchev–Trinajstić information content (AvgIpc) is 2.90. The van der Waals surface area contributed by atoms with Crippen molar-refractivity contribution in [3.05, 3.63) is 105 Å². The molecule has 1 amide bonds. The van der Waals surface area contributed by atoms with Gasteiger partial charge in [-0.2, -0.15) is 11.1 Å². The van der Waals surface area contributed by atoms with Gasteiger partial charge in [-0.3, -0.25) is 9.59 Å². The van der Waals surface area contributed by atoms with Crippen LogP contribution in [0.25, 0.3) is 16.5 Å². The van der Waals surface area contributed by atoms with Gasteiger partial charge < -0.3 is 25.2 Å². The summed E-state index contributed by atoms with van der Waals surface area (Å²) in [7, 11) is 1.78. The molecule has 0 radical (unpaired) electrons. The number of fused-ring (bicyclic) bond motifs is 1. The molecule has 1 aliphatic carbocycles. The summed E-state index contributed by atoms with van der Waals surface area (Å²) in [5.74, 6) is 1.23. The van der Waals surface area contributed by atoms with Crippen molar-refractivity contribution in [2.45, 2.75) is 26.8 Å². The molecule has 1 unspecified atom stereocenters. The normalized spacial score (nSPS) is 16.2. The molecule has 1 heterocycles. The molecule has 3 aromatic rings. The lowest BCUT2D eigenvalue weighted by atomic mass is 9.97. The number of amides is 1. The molecule has 7 nitrogen and oxygen atoms in total. The van der Waals surface area contributed by atoms with Crippen LogP contribution in [0.4, 0.5) is 5.69 Å². The molecule has 0 spiro atoms. The molecule has 8 heteroatoms. The van der Waals surface area contributed by atoms with Crippen molar-refractivity contribution >= 4 is 44.9 Å². The van der Waals surface area contributed by atoms with E-state index < -0.39 is 11.1 Å². The highest BCUT2D eigenvalue weighted by Gasteiger charge is 2.20. The molecule has 0 saturated carbocycles. The van der Waals surface area contributed by atoms with Gasteiger partial charge in [0.15, 0.2) is 5.43 Å². The highest BCUT2D eigenvalue weighted by atomic mass is 32.2. The summed E-state index contributed by atoms with van der Waals surface area (Å²) in [5, 5.41) is 15.1. The molecule has 1 aliphatic rings. The van der Waals surface area contributed by atoms with Crippen LogP contribution in [0.5, 0.6) is 0 Å². The Hall–Kier alpha value is -4.04. The molecule has 0 fully saturated rings. The number of benzene rings is 2. The standard InChI is InChI=1S/C30H34N4O3S/c1-6-38(5)34-30(36)22-9-7-8-10-26(22)33-19(3)23-13-18(2)14-24-27(35)16-28(37-29(23)24)20-11-12-25(31)21(15-20)17-32-4/h7-17,19,31-33,38H,6H2,1-5H3,(H,34,36)/b21-17-,31-25?/t19-/m1/s1. The Kier molecular flexibility index (Phi) is 8.22. The van der Waals surface area contributed by atoms with Crippen molar-refractivity contribution in [1.29, 1.82) is 5.41 Å². The Labute approximate surface area is 225 Å². The maximum absolute atomic E-state index is 13.2. The molecule has 4 N–H and O–H groups in total. The number of aryl methyl sites for hydroxylation is 1. The number of nitrogens with one attached hydrogen (secondary N) is 4. The van der Waals surface area contributed by atoms with Crippen LogP contribution in [-0.2, 0) is 0 Å². The lowest BCUT2D eigenvalue weighted by Gasteiger charge is -2.21. The zero-order valence-electron chi connectivity index (χ0n) is 22.3. The second kappa shape index (κ2) is 11.6. The number of para-hydroxylation sites is 1. The van der Waals surface area contributed by atoms with Crippen molar-refractivity contribution in [2.24, 2.45) is 0 Å². The summed E-state index contributed by atoms with van der Waals surface area (Å²) in [5.41, 5.74) is 5.19. The fourth-order valence-electron chi connectivity index (χ4n) is 4.32. The number of carbonyl (C=O) groups excluding carboxylic acids is 1. The van der Waals surface area contributed by atoms with E-state index in [2.05, 4.69) is 22.3 Å². The smallest absolute Gasteiger partial charge is 0.261 e. The largest absolute Gasteiger partial charge is 0.455 e. The summed E-state index contributed by atoms with van der Waals surface area (Å²) in [4.78, 5) is 26.2. The van der Waals surface area contributed by atoms with Gasteiger partial charge in [-0.15, -0.1) is 0 Å². The number of hydrogen-bond donors (Lipinski definition) is 5. The van der Waals surface area contributed by atoms with Crippen LogP contribution >= 0.6 is 11.1 Å². The minimum atomic E-state index is -0.577. The van der Waals surface area contributed by atoms with E-state index in [0.717, 1.165) is 16.9 Å². The number of allylic oxidation sites excluding steroid dienone is 5. The van der Waals surface area contributed by atoms with Gasteiger partial charge >= 0.3 is 0 Å². The Morgan fingerprint density at radius 2 is 1.95 bits per heavy atom. The Morgan fingerprint density at radius 3 is 2.68 bits per heavy atom. The lowest BCUT2D eigenvalue weighted by Crippen LogP contribution is -2.22. The van der Waals surface area contributed by atoms with Crippen molar-refractivity contribution in [2.75, 3.05) is 24.4 Å². The molecular weight excluding hydrogens is 496 g/mol. The molecule has 0 aliphatic heterocycles. The van der Waals surface area contributed by atoms with Crippen LogP contribution in [0, 0.1) is 12.3 Å². The summed E-state index contributed by atoms with van der Waals surface area (Å²) in [6.07, 6.45) is 9.07. The number of thiol groups is 1. The third-order valence-electron chi connectivity index (χ3n) is 6.41. The van der Waals surface area contributed by atoms with Crippen LogP contribution in [0.2, 0.25) is 0 Å². The molecule has 1 aromatic heterocycles. The number of hydrogen-bond acceptors (Lipinski definition) is 6. The van der Waals surface area contributed by atoms with E-state index in [9.17, 15) is 9.59 Å². The highest BCUT2D eigenvalue weighted by Crippen LogP contribution is 2.32. The molecule has 0 saturated heterocycles. The Morgan fingerprint density at radius 1 is 1.18 bits per heavy atom. The fourth-order valence-corrected chi connectivity index (χ4v) is 4.95. The summed E-state index contributed by atoms with van der Waals surface area (Å²) < 4.78 is 9.47. The zero-order valence-corrected chi connectivity index (χ0v) is 23.2. The third kappa shape index (κ3) is 5.75. The third-order valence-corrected chi connectivity index (χ3v) is 7.95. The second-order valence-electron chi connectivity index (χ2n) is 9.31. The van der Waals surface area contributed by atoms with Crippen LogP contribution in [0.3, 0.4) is 0 Å². The molecule has 2 atom stereocenters. The van der Waals surface area contributed by atoms with Gasteiger partial charge in [-0.1, -0.05) is 25.1 Å². The predicted octanol–water partition coefficient (Wildman–Crippen LogP) is 5.65. The van der Waals surface area contributed by atoms with E-state index >= 15 is 0 Å². The Balaban J connectivity index is 1.76. The molecular formula is C30H34N4O3S. The molecule has 2 aromatic carbocycles. The monoisotopic (exact) mass is 530 g/mol. The van der Waals surface area contributed by atoms with Gasteiger partial charge in [-0.05, 0) is 67.8 Å². The van der Waals surface area contributed by atoms with Crippen molar-refractivity contribution in [3.8, 4) is 0 Å². The number of rotatable bonds is 8. The van der Waals surface area contributed by atoms with Gasteiger partial charge in [0.2, 0.25) is 0 Å². The topological polar surface area (TPSA) is 107 Å². The molecule has 4 rings (SSSR count). The van der Waals surface area contributed by atoms with Gasteiger partial charge in [0.1, 0.15) is 11.3 Å². The first kappa shape index (κ1) is 27.0. The van der Waals surface area contributed by atoms with E-state index in [0.29, 0.717) is 44.8 Å². The first-order valence-electron chi connectivity index (χ1n) is 12.5. The van der Waals surface area contributed by atoms with Crippen LogP contribution in [-0.4, -0.2) is 30.7 Å². The van der Waals surface area contributed by atoms with Gasteiger partial charge in [-0.25, -0.2) is 0 Å². The van der Waals surface area contributed by atoms with Crippen molar-refractivity contribution < 1.29 is 9.21 Å². The minimum Gasteiger partial charge on any atom is -0.455 e. The van der Waals surface area contributed by atoms with Gasteiger partial charge in [0.25, 0.3) is 5.91 Å². The summed E-state index contributed by atoms with van der Waals surface area (Å²) in [6.45, 7) is 6.00. The van der Waals surface area contributed by atoms with Crippen molar-refractivity contribution in [3.63, 3.8) is 0 Å². The van der Waals surface area contributed by atoms with E-state index in [-0.39, 0.29) is 17.4 Å². The molecule has 0 bridgehead atoms. The SMILES string of the molecule is CC[SH](C)NC(=O)c1ccccc1N[C@H](C)c1cc(C)cc2c(=O)cc(C3=C/C(=C/NC)C(=N)C=C3)oc12. The minimum absolute atomic E-state index is 0.106. The zero-order chi connectivity index (χ0) is 27.4. The van der Waals surface area contributed by atoms with E-state index in [1.807, 2.05) is 62.6 Å². The molecule has 38 heavy (non-hydrogen) atoms. The predicted molar refractivity (Wildman–Crippen MR) is 161 cm³/mol. The summed E-state index contributed by atoms with van der Waals surface area (Å²) >= 11 is -0.577. The fraction of sp³-hybridized carbons (Fsp3) is 0.233. The van der Waals surface area contributed by atoms with Gasteiger partial charge in [0.05, 0.1) is 22.7 Å². The van der Waals surface area contributed by atoms with Gasteiger partial charge in [0, 0.05) is 41.7 Å². The lowest BCUT2D eigenvalue weighted by molar-refractivity contribution is 0.0984. The quantitative estimate of drug-likeness (QED) is 0.242.